The normalized spacial score (nSPS) is 14.5. The van der Waals surface area contributed by atoms with Gasteiger partial charge in [0.15, 0.2) is 0 Å². The molecule has 0 spiro atoms. The third-order valence-electron chi connectivity index (χ3n) is 6.41. The average Bonchev–Trinajstić information content (AvgIpc) is 3.63. The molecule has 4 aromatic rings. The third kappa shape index (κ3) is 3.91. The highest BCUT2D eigenvalue weighted by Gasteiger charge is 2.29. The predicted molar refractivity (Wildman–Crippen MR) is 127 cm³/mol. The van der Waals surface area contributed by atoms with E-state index in [2.05, 4.69) is 12.1 Å². The fourth-order valence-corrected chi connectivity index (χ4v) is 4.42. The van der Waals surface area contributed by atoms with Crippen LogP contribution in [0.1, 0.15) is 36.7 Å². The van der Waals surface area contributed by atoms with Crippen molar-refractivity contribution < 1.29 is 4.39 Å². The van der Waals surface area contributed by atoms with E-state index in [4.69, 9.17) is 4.98 Å². The maximum atomic E-state index is 13.8. The minimum atomic E-state index is -0.272. The molecule has 0 aliphatic heterocycles. The molecule has 1 fully saturated rings. The van der Waals surface area contributed by atoms with Crippen molar-refractivity contribution in [2.75, 3.05) is 11.9 Å². The Hall–Kier alpha value is -3.47. The molecular formula is C27H26FN3O. The molecule has 32 heavy (non-hydrogen) atoms. The van der Waals surface area contributed by atoms with Gasteiger partial charge < -0.3 is 4.90 Å². The van der Waals surface area contributed by atoms with Crippen LogP contribution in [0.5, 0.6) is 0 Å². The molecule has 0 radical (unpaired) electrons. The minimum Gasteiger partial charge on any atom is -0.345 e. The van der Waals surface area contributed by atoms with Crippen LogP contribution in [0.3, 0.4) is 0 Å². The number of aryl methyl sites for hydroxylation is 1. The first kappa shape index (κ1) is 20.4. The molecule has 0 bridgehead atoms. The van der Waals surface area contributed by atoms with Crippen LogP contribution >= 0.6 is 0 Å². The number of aromatic nitrogens is 2. The van der Waals surface area contributed by atoms with E-state index >= 15 is 0 Å². The largest absolute Gasteiger partial charge is 0.345 e. The van der Waals surface area contributed by atoms with Gasteiger partial charge in [-0.1, -0.05) is 43.2 Å². The first-order chi connectivity index (χ1) is 15.5. The Kier molecular flexibility index (Phi) is 5.25. The van der Waals surface area contributed by atoms with Gasteiger partial charge in [-0.25, -0.2) is 9.37 Å². The second kappa shape index (κ2) is 8.23. The summed E-state index contributed by atoms with van der Waals surface area (Å²) in [5, 5.41) is 0.596. The zero-order valence-electron chi connectivity index (χ0n) is 18.3. The lowest BCUT2D eigenvalue weighted by Crippen LogP contribution is -2.29. The van der Waals surface area contributed by atoms with Crippen LogP contribution in [0.25, 0.3) is 10.9 Å². The van der Waals surface area contributed by atoms with E-state index < -0.39 is 0 Å². The van der Waals surface area contributed by atoms with Crippen molar-refractivity contribution in [2.24, 2.45) is 5.92 Å². The first-order valence-electron chi connectivity index (χ1n) is 11.1. The van der Waals surface area contributed by atoms with E-state index in [-0.39, 0.29) is 17.4 Å². The predicted octanol–water partition coefficient (Wildman–Crippen LogP) is 6.00. The Morgan fingerprint density at radius 2 is 1.72 bits per heavy atom. The molecule has 3 aromatic carbocycles. The summed E-state index contributed by atoms with van der Waals surface area (Å²) in [6, 6.07) is 22.3. The lowest BCUT2D eigenvalue weighted by Gasteiger charge is -2.24. The first-order valence-corrected chi connectivity index (χ1v) is 11.1. The third-order valence-corrected chi connectivity index (χ3v) is 6.41. The molecule has 0 N–H and O–H groups in total. The highest BCUT2D eigenvalue weighted by atomic mass is 19.1. The van der Waals surface area contributed by atoms with Crippen LogP contribution in [-0.4, -0.2) is 16.6 Å². The van der Waals surface area contributed by atoms with Gasteiger partial charge >= 0.3 is 0 Å². The molecule has 1 unspecified atom stereocenters. The molecule has 0 amide bonds. The second-order valence-corrected chi connectivity index (χ2v) is 8.68. The highest BCUT2D eigenvalue weighted by Crippen LogP contribution is 2.39. The molecule has 5 rings (SSSR count). The van der Waals surface area contributed by atoms with Gasteiger partial charge in [0.2, 0.25) is 0 Å². The van der Waals surface area contributed by atoms with E-state index in [9.17, 15) is 9.18 Å². The maximum absolute atomic E-state index is 13.8. The van der Waals surface area contributed by atoms with Gasteiger partial charge in [0.05, 0.1) is 16.9 Å². The Morgan fingerprint density at radius 3 is 2.41 bits per heavy atom. The Labute approximate surface area is 187 Å². The van der Waals surface area contributed by atoms with Gasteiger partial charge in [0.25, 0.3) is 5.56 Å². The van der Waals surface area contributed by atoms with Gasteiger partial charge in [-0.2, -0.15) is 0 Å². The van der Waals surface area contributed by atoms with Crippen LogP contribution in [0.15, 0.2) is 77.6 Å². The minimum absolute atomic E-state index is 0.0173. The molecular weight excluding hydrogens is 401 g/mol. The maximum Gasteiger partial charge on any atom is 0.262 e. The Balaban J connectivity index is 1.62. The zero-order chi connectivity index (χ0) is 22.2. The topological polar surface area (TPSA) is 38.1 Å². The van der Waals surface area contributed by atoms with Crippen molar-refractivity contribution in [3.63, 3.8) is 0 Å². The zero-order valence-corrected chi connectivity index (χ0v) is 18.3. The van der Waals surface area contributed by atoms with E-state index in [0.29, 0.717) is 16.8 Å². The van der Waals surface area contributed by atoms with Gasteiger partial charge in [0.1, 0.15) is 11.6 Å². The van der Waals surface area contributed by atoms with Crippen molar-refractivity contribution in [1.29, 1.82) is 0 Å². The number of benzene rings is 3. The molecule has 4 nitrogen and oxygen atoms in total. The lowest BCUT2D eigenvalue weighted by molar-refractivity contribution is 0.480. The number of anilines is 2. The molecule has 1 atom stereocenters. The van der Waals surface area contributed by atoms with Crippen LogP contribution < -0.4 is 10.5 Å². The number of hydrogen-bond donors (Lipinski definition) is 0. The molecule has 1 saturated carbocycles. The van der Waals surface area contributed by atoms with Crippen molar-refractivity contribution in [3.8, 4) is 0 Å². The second-order valence-electron chi connectivity index (χ2n) is 8.68. The van der Waals surface area contributed by atoms with Crippen molar-refractivity contribution in [1.82, 2.24) is 9.55 Å². The highest BCUT2D eigenvalue weighted by molar-refractivity contribution is 5.83. The van der Waals surface area contributed by atoms with E-state index in [1.165, 1.54) is 25.0 Å². The summed E-state index contributed by atoms with van der Waals surface area (Å²) < 4.78 is 15.2. The van der Waals surface area contributed by atoms with E-state index in [0.717, 1.165) is 29.2 Å². The van der Waals surface area contributed by atoms with Gasteiger partial charge in [-0.3, -0.25) is 9.36 Å². The van der Waals surface area contributed by atoms with Crippen LogP contribution in [-0.2, 0) is 0 Å². The number of nitrogens with zero attached hydrogens (tertiary/aromatic N) is 3. The van der Waals surface area contributed by atoms with Crippen molar-refractivity contribution in [2.45, 2.75) is 32.2 Å². The van der Waals surface area contributed by atoms with Crippen molar-refractivity contribution in [3.05, 3.63) is 100 Å². The van der Waals surface area contributed by atoms with Crippen LogP contribution in [0.2, 0.25) is 0 Å². The summed E-state index contributed by atoms with van der Waals surface area (Å²) in [6.45, 7) is 1.92. The average molecular weight is 428 g/mol. The van der Waals surface area contributed by atoms with Crippen LogP contribution in [0, 0.1) is 18.7 Å². The van der Waals surface area contributed by atoms with Gasteiger partial charge in [-0.15, -0.1) is 0 Å². The summed E-state index contributed by atoms with van der Waals surface area (Å²) in [4.78, 5) is 20.5. The standard InChI is InChI=1S/C27H26FN3O/c1-18-29-25-15-14-23(30(2)22-12-10-21(28)11-13-22)17-24(25)27(32)31(18)26(16-19-8-9-19)20-6-4-3-5-7-20/h3-7,10-15,17,19,26H,8-9,16H2,1-2H3. The molecule has 1 aromatic heterocycles. The van der Waals surface area contributed by atoms with Crippen molar-refractivity contribution >= 4 is 22.3 Å². The van der Waals surface area contributed by atoms with E-state index in [1.807, 2.05) is 59.8 Å². The number of rotatable bonds is 6. The Bertz CT molecular complexity index is 1310. The van der Waals surface area contributed by atoms with Gasteiger partial charge in [0, 0.05) is 18.4 Å². The fourth-order valence-electron chi connectivity index (χ4n) is 4.42. The van der Waals surface area contributed by atoms with Gasteiger partial charge in [-0.05, 0) is 67.3 Å². The summed E-state index contributed by atoms with van der Waals surface area (Å²) in [5.74, 6) is 1.13. The fraction of sp³-hybridized carbons (Fsp3) is 0.259. The lowest BCUT2D eigenvalue weighted by atomic mass is 10.00. The van der Waals surface area contributed by atoms with E-state index in [1.54, 1.807) is 12.1 Å². The summed E-state index contributed by atoms with van der Waals surface area (Å²) in [6.07, 6.45) is 3.41. The molecule has 5 heteroatoms. The summed E-state index contributed by atoms with van der Waals surface area (Å²) in [5.41, 5.74) is 3.53. The SMILES string of the molecule is Cc1nc2ccc(N(C)c3ccc(F)cc3)cc2c(=O)n1C(CC1CC1)c1ccccc1. The summed E-state index contributed by atoms with van der Waals surface area (Å²) in [7, 11) is 1.91. The molecule has 1 aliphatic carbocycles. The Morgan fingerprint density at radius 1 is 1.03 bits per heavy atom. The number of hydrogen-bond acceptors (Lipinski definition) is 3. The molecule has 1 aliphatic rings. The number of fused-ring (bicyclic) bond motifs is 1. The molecule has 1 heterocycles. The number of halogens is 1. The monoisotopic (exact) mass is 427 g/mol. The van der Waals surface area contributed by atoms with Crippen LogP contribution in [0.4, 0.5) is 15.8 Å². The molecule has 0 saturated heterocycles. The smallest absolute Gasteiger partial charge is 0.262 e. The summed E-state index contributed by atoms with van der Waals surface area (Å²) >= 11 is 0. The quantitative estimate of drug-likeness (QED) is 0.379. The molecule has 162 valence electrons.